The summed E-state index contributed by atoms with van der Waals surface area (Å²) in [7, 11) is 1.77. The average Bonchev–Trinajstić information content (AvgIpc) is 2.43. The summed E-state index contributed by atoms with van der Waals surface area (Å²) >= 11 is 0. The number of carboxylic acid groups (broad SMARTS) is 1. The first-order valence-electron chi connectivity index (χ1n) is 7.19. The van der Waals surface area contributed by atoms with E-state index in [2.05, 4.69) is 0 Å². The summed E-state index contributed by atoms with van der Waals surface area (Å²) in [5.74, 6) is -0.830. The largest absolute Gasteiger partial charge is 0.481 e. The van der Waals surface area contributed by atoms with Gasteiger partial charge in [-0.15, -0.1) is 0 Å². The highest BCUT2D eigenvalue weighted by molar-refractivity contribution is 5.74. The van der Waals surface area contributed by atoms with Gasteiger partial charge in [0.1, 0.15) is 0 Å². The lowest BCUT2D eigenvalue weighted by Gasteiger charge is -2.31. The van der Waals surface area contributed by atoms with Crippen molar-refractivity contribution in [2.75, 3.05) is 13.6 Å². The molecule has 0 heterocycles. The Kier molecular flexibility index (Phi) is 6.72. The van der Waals surface area contributed by atoms with Crippen molar-refractivity contribution in [3.8, 4) is 0 Å². The van der Waals surface area contributed by atoms with Gasteiger partial charge in [0.2, 0.25) is 0 Å². The number of rotatable bonds is 7. The lowest BCUT2D eigenvalue weighted by Crippen LogP contribution is -2.45. The zero-order valence-electron chi connectivity index (χ0n) is 13.0. The topological polar surface area (TPSA) is 60.9 Å². The minimum Gasteiger partial charge on any atom is -0.481 e. The van der Waals surface area contributed by atoms with E-state index in [1.807, 2.05) is 44.2 Å². The number of hydrogen-bond donors (Lipinski definition) is 1. The third-order valence-electron chi connectivity index (χ3n) is 3.25. The molecule has 0 aliphatic carbocycles. The summed E-state index contributed by atoms with van der Waals surface area (Å²) in [6.45, 7) is 4.88. The van der Waals surface area contributed by atoms with Gasteiger partial charge in [-0.3, -0.25) is 4.79 Å². The van der Waals surface area contributed by atoms with Crippen LogP contribution < -0.4 is 0 Å². The van der Waals surface area contributed by atoms with Crippen LogP contribution in [0.5, 0.6) is 0 Å². The molecule has 1 aromatic carbocycles. The van der Waals surface area contributed by atoms with Gasteiger partial charge >= 0.3 is 12.0 Å². The Morgan fingerprint density at radius 2 is 1.81 bits per heavy atom. The van der Waals surface area contributed by atoms with Gasteiger partial charge < -0.3 is 14.9 Å². The maximum Gasteiger partial charge on any atom is 0.320 e. The first kappa shape index (κ1) is 17.0. The van der Waals surface area contributed by atoms with Crippen molar-refractivity contribution >= 4 is 12.0 Å². The summed E-state index contributed by atoms with van der Waals surface area (Å²) in [5.41, 5.74) is 1.07. The molecule has 116 valence electrons. The number of hydrogen-bond acceptors (Lipinski definition) is 2. The molecule has 0 saturated heterocycles. The number of benzene rings is 1. The van der Waals surface area contributed by atoms with Gasteiger partial charge in [-0.2, -0.15) is 0 Å². The van der Waals surface area contributed by atoms with E-state index in [4.69, 9.17) is 5.11 Å². The molecular weight excluding hydrogens is 268 g/mol. The van der Waals surface area contributed by atoms with Crippen LogP contribution >= 0.6 is 0 Å². The molecule has 1 aromatic rings. The van der Waals surface area contributed by atoms with Crippen LogP contribution in [-0.4, -0.2) is 46.5 Å². The number of carboxylic acids is 1. The third-order valence-corrected chi connectivity index (χ3v) is 3.25. The Morgan fingerprint density at radius 1 is 1.19 bits per heavy atom. The van der Waals surface area contributed by atoms with E-state index in [1.165, 1.54) is 0 Å². The highest BCUT2D eigenvalue weighted by Gasteiger charge is 2.20. The van der Waals surface area contributed by atoms with Crippen LogP contribution in [0.3, 0.4) is 0 Å². The monoisotopic (exact) mass is 292 g/mol. The van der Waals surface area contributed by atoms with E-state index >= 15 is 0 Å². The van der Waals surface area contributed by atoms with Crippen molar-refractivity contribution < 1.29 is 14.7 Å². The van der Waals surface area contributed by atoms with E-state index in [0.29, 0.717) is 19.5 Å². The first-order chi connectivity index (χ1) is 9.91. The second kappa shape index (κ2) is 8.29. The van der Waals surface area contributed by atoms with Gasteiger partial charge in [0.15, 0.2) is 0 Å². The zero-order chi connectivity index (χ0) is 15.8. The second-order valence-corrected chi connectivity index (χ2v) is 5.41. The van der Waals surface area contributed by atoms with Crippen molar-refractivity contribution in [2.24, 2.45) is 0 Å². The molecular formula is C16H24N2O3. The molecule has 0 saturated carbocycles. The summed E-state index contributed by atoms with van der Waals surface area (Å²) in [5, 5.41) is 8.69. The molecule has 0 fully saturated rings. The minimum absolute atomic E-state index is 0.0459. The molecule has 0 aliphatic heterocycles. The van der Waals surface area contributed by atoms with Crippen LogP contribution in [0.1, 0.15) is 32.3 Å². The Labute approximate surface area is 126 Å². The molecule has 5 nitrogen and oxygen atoms in total. The molecule has 1 N–H and O–H groups in total. The Hall–Kier alpha value is -2.04. The van der Waals surface area contributed by atoms with E-state index in [0.717, 1.165) is 5.56 Å². The minimum atomic E-state index is -0.830. The fourth-order valence-corrected chi connectivity index (χ4v) is 2.12. The first-order valence-corrected chi connectivity index (χ1v) is 7.19. The maximum atomic E-state index is 12.5. The maximum absolute atomic E-state index is 12.5. The molecule has 0 radical (unpaired) electrons. The molecule has 2 amide bonds. The second-order valence-electron chi connectivity index (χ2n) is 5.41. The summed E-state index contributed by atoms with van der Waals surface area (Å²) < 4.78 is 0. The van der Waals surface area contributed by atoms with Gasteiger partial charge in [-0.25, -0.2) is 4.79 Å². The number of urea groups is 1. The molecule has 0 atom stereocenters. The summed E-state index contributed by atoms with van der Waals surface area (Å²) in [4.78, 5) is 26.4. The number of carbonyl (C=O) groups excluding carboxylic acids is 1. The number of carbonyl (C=O) groups is 2. The third kappa shape index (κ3) is 5.85. The fourth-order valence-electron chi connectivity index (χ4n) is 2.12. The Bertz CT molecular complexity index is 460. The van der Waals surface area contributed by atoms with Crippen LogP contribution in [0.25, 0.3) is 0 Å². The van der Waals surface area contributed by atoms with E-state index in [1.54, 1.807) is 16.8 Å². The molecule has 0 aromatic heterocycles. The molecule has 0 bridgehead atoms. The van der Waals surface area contributed by atoms with Crippen LogP contribution in [0.2, 0.25) is 0 Å². The normalized spacial score (nSPS) is 10.5. The van der Waals surface area contributed by atoms with Gasteiger partial charge in [-0.05, 0) is 25.8 Å². The number of aliphatic carboxylic acids is 1. The predicted molar refractivity (Wildman–Crippen MR) is 82.0 cm³/mol. The summed E-state index contributed by atoms with van der Waals surface area (Å²) in [6.07, 6.45) is 0.553. The molecule has 1 rings (SSSR count). The van der Waals surface area contributed by atoms with E-state index < -0.39 is 5.97 Å². The van der Waals surface area contributed by atoms with Crippen molar-refractivity contribution in [2.45, 2.75) is 39.3 Å². The molecule has 5 heteroatoms. The highest BCUT2D eigenvalue weighted by atomic mass is 16.4. The van der Waals surface area contributed by atoms with E-state index in [-0.39, 0.29) is 18.5 Å². The molecule has 0 aliphatic rings. The van der Waals surface area contributed by atoms with Gasteiger partial charge in [0, 0.05) is 32.6 Å². The quantitative estimate of drug-likeness (QED) is 0.840. The van der Waals surface area contributed by atoms with Gasteiger partial charge in [-0.1, -0.05) is 30.3 Å². The van der Waals surface area contributed by atoms with Crippen LogP contribution in [0.15, 0.2) is 30.3 Å². The van der Waals surface area contributed by atoms with Crippen molar-refractivity contribution in [1.29, 1.82) is 0 Å². The van der Waals surface area contributed by atoms with Crippen LogP contribution in [-0.2, 0) is 11.3 Å². The lowest BCUT2D eigenvalue weighted by molar-refractivity contribution is -0.137. The standard InChI is InChI=1S/C16H24N2O3/c1-13(2)18(11-7-10-15(19)20)16(21)17(3)12-14-8-5-4-6-9-14/h4-6,8-9,13H,7,10-12H2,1-3H3,(H,19,20). The lowest BCUT2D eigenvalue weighted by atomic mass is 10.2. The zero-order valence-corrected chi connectivity index (χ0v) is 13.0. The fraction of sp³-hybridized carbons (Fsp3) is 0.500. The predicted octanol–water partition coefficient (Wildman–Crippen LogP) is 2.81. The van der Waals surface area contributed by atoms with E-state index in [9.17, 15) is 9.59 Å². The Morgan fingerprint density at radius 3 is 2.33 bits per heavy atom. The summed E-state index contributed by atoms with van der Waals surface area (Å²) in [6, 6.07) is 9.77. The number of amides is 2. The van der Waals surface area contributed by atoms with Crippen molar-refractivity contribution in [1.82, 2.24) is 9.80 Å². The molecule has 0 unspecified atom stereocenters. The Balaban J connectivity index is 2.60. The van der Waals surface area contributed by atoms with Gasteiger partial charge in [0.05, 0.1) is 0 Å². The number of nitrogens with zero attached hydrogens (tertiary/aromatic N) is 2. The van der Waals surface area contributed by atoms with Gasteiger partial charge in [0.25, 0.3) is 0 Å². The van der Waals surface area contributed by atoms with Crippen molar-refractivity contribution in [3.63, 3.8) is 0 Å². The smallest absolute Gasteiger partial charge is 0.320 e. The average molecular weight is 292 g/mol. The van der Waals surface area contributed by atoms with Crippen molar-refractivity contribution in [3.05, 3.63) is 35.9 Å². The molecule has 0 spiro atoms. The molecule has 21 heavy (non-hydrogen) atoms. The van der Waals surface area contributed by atoms with Crippen LogP contribution in [0.4, 0.5) is 4.79 Å². The van der Waals surface area contributed by atoms with Crippen LogP contribution in [0, 0.1) is 0 Å². The SMILES string of the molecule is CC(C)N(CCCC(=O)O)C(=O)N(C)Cc1ccccc1. The highest BCUT2D eigenvalue weighted by Crippen LogP contribution is 2.09.